The molecule has 1 aromatic rings. The predicted molar refractivity (Wildman–Crippen MR) is 91.1 cm³/mol. The highest BCUT2D eigenvalue weighted by Crippen LogP contribution is 2.29. The van der Waals surface area contributed by atoms with E-state index in [-0.39, 0.29) is 31.3 Å². The second-order valence-electron chi connectivity index (χ2n) is 6.65. The van der Waals surface area contributed by atoms with E-state index in [0.717, 1.165) is 4.31 Å². The number of rotatable bonds is 5. The van der Waals surface area contributed by atoms with Gasteiger partial charge in [-0.3, -0.25) is 4.79 Å². The van der Waals surface area contributed by atoms with Crippen molar-refractivity contribution in [3.8, 4) is 0 Å². The molecule has 2 aliphatic rings. The maximum Gasteiger partial charge on any atom is 0.279 e. The monoisotopic (exact) mass is 389 g/mol. The normalized spacial score (nSPS) is 27.0. The van der Waals surface area contributed by atoms with E-state index in [9.17, 15) is 17.6 Å². The lowest BCUT2D eigenvalue weighted by molar-refractivity contribution is -0.126. The van der Waals surface area contributed by atoms with Crippen LogP contribution in [0.1, 0.15) is 18.4 Å². The Balaban J connectivity index is 1.65. The number of ether oxygens (including phenoxy) is 1. The molecule has 144 valence electrons. The van der Waals surface area contributed by atoms with Crippen LogP contribution >= 0.6 is 0 Å². The van der Waals surface area contributed by atoms with Crippen LogP contribution in [-0.2, 0) is 19.7 Å². The summed E-state index contributed by atoms with van der Waals surface area (Å²) in [6.07, 6.45) is 0.305. The van der Waals surface area contributed by atoms with E-state index in [4.69, 9.17) is 4.74 Å². The molecule has 2 fully saturated rings. The Hall–Kier alpha value is -1.62. The van der Waals surface area contributed by atoms with Crippen LogP contribution in [0.4, 0.5) is 14.5 Å². The SMILES string of the molecule is Cc1cc(NC(=O)C2(F)CCN(S(=O)(=O)N[C@H]3CCOC3)C2)ccc1F. The van der Waals surface area contributed by atoms with Crippen molar-refractivity contribution < 1.29 is 26.7 Å². The summed E-state index contributed by atoms with van der Waals surface area (Å²) < 4.78 is 61.5. The molecule has 26 heavy (non-hydrogen) atoms. The van der Waals surface area contributed by atoms with Gasteiger partial charge in [0.2, 0.25) is 5.67 Å². The van der Waals surface area contributed by atoms with Gasteiger partial charge < -0.3 is 10.1 Å². The molecule has 0 aliphatic carbocycles. The molecule has 1 unspecified atom stereocenters. The topological polar surface area (TPSA) is 87.7 Å². The molecular weight excluding hydrogens is 368 g/mol. The van der Waals surface area contributed by atoms with E-state index in [1.807, 2.05) is 0 Å². The zero-order valence-electron chi connectivity index (χ0n) is 14.3. The van der Waals surface area contributed by atoms with Crippen molar-refractivity contribution in [3.05, 3.63) is 29.6 Å². The maximum absolute atomic E-state index is 15.0. The molecule has 0 radical (unpaired) electrons. The van der Waals surface area contributed by atoms with Gasteiger partial charge in [-0.1, -0.05) is 0 Å². The largest absolute Gasteiger partial charge is 0.380 e. The van der Waals surface area contributed by atoms with Crippen LogP contribution in [0.5, 0.6) is 0 Å². The molecule has 1 amide bonds. The average Bonchev–Trinajstić information content (AvgIpc) is 3.21. The molecule has 1 aromatic carbocycles. The van der Waals surface area contributed by atoms with Gasteiger partial charge in [0.25, 0.3) is 16.1 Å². The van der Waals surface area contributed by atoms with Crippen molar-refractivity contribution >= 4 is 21.8 Å². The number of amides is 1. The number of carbonyl (C=O) groups excluding carboxylic acids is 1. The molecule has 3 rings (SSSR count). The van der Waals surface area contributed by atoms with E-state index in [0.29, 0.717) is 18.6 Å². The van der Waals surface area contributed by atoms with Crippen molar-refractivity contribution in [2.24, 2.45) is 0 Å². The standard InChI is InChI=1S/C16H21F2N3O4S/c1-11-8-12(2-3-14(11)17)19-15(22)16(18)5-6-21(10-16)26(23,24)20-13-4-7-25-9-13/h2-3,8,13,20H,4-7,9-10H2,1H3,(H,19,22)/t13-,16?/m0/s1. The summed E-state index contributed by atoms with van der Waals surface area (Å²) in [6.45, 7) is 1.60. The summed E-state index contributed by atoms with van der Waals surface area (Å²) in [5.74, 6) is -1.37. The van der Waals surface area contributed by atoms with Gasteiger partial charge in [0.15, 0.2) is 0 Å². The van der Waals surface area contributed by atoms with E-state index in [1.165, 1.54) is 25.1 Å². The first-order valence-electron chi connectivity index (χ1n) is 8.31. The summed E-state index contributed by atoms with van der Waals surface area (Å²) in [7, 11) is -3.90. The van der Waals surface area contributed by atoms with Gasteiger partial charge in [0, 0.05) is 31.3 Å². The summed E-state index contributed by atoms with van der Waals surface area (Å²) in [5.41, 5.74) is -1.77. The molecule has 2 aliphatic heterocycles. The third-order valence-electron chi connectivity index (χ3n) is 4.59. The van der Waals surface area contributed by atoms with Gasteiger partial charge in [-0.25, -0.2) is 8.78 Å². The number of nitrogens with zero attached hydrogens (tertiary/aromatic N) is 1. The Bertz CT molecular complexity index is 799. The number of carbonyl (C=O) groups is 1. The molecule has 2 atom stereocenters. The van der Waals surface area contributed by atoms with E-state index < -0.39 is 34.1 Å². The van der Waals surface area contributed by atoms with Crippen LogP contribution in [0.2, 0.25) is 0 Å². The number of benzene rings is 1. The lowest BCUT2D eigenvalue weighted by Crippen LogP contribution is -2.47. The number of alkyl halides is 1. The molecule has 0 spiro atoms. The van der Waals surface area contributed by atoms with Crippen LogP contribution in [0.25, 0.3) is 0 Å². The lowest BCUT2D eigenvalue weighted by Gasteiger charge is -2.22. The Morgan fingerprint density at radius 3 is 2.85 bits per heavy atom. The summed E-state index contributed by atoms with van der Waals surface area (Å²) in [6, 6.07) is 3.55. The van der Waals surface area contributed by atoms with Crippen molar-refractivity contribution in [2.45, 2.75) is 31.5 Å². The smallest absolute Gasteiger partial charge is 0.279 e. The maximum atomic E-state index is 15.0. The Kier molecular flexibility index (Phi) is 5.29. The van der Waals surface area contributed by atoms with Crippen molar-refractivity contribution in [3.63, 3.8) is 0 Å². The fourth-order valence-corrected chi connectivity index (χ4v) is 4.47. The third-order valence-corrected chi connectivity index (χ3v) is 6.22. The molecule has 0 bridgehead atoms. The van der Waals surface area contributed by atoms with Crippen LogP contribution < -0.4 is 10.0 Å². The molecule has 7 nitrogen and oxygen atoms in total. The Morgan fingerprint density at radius 1 is 1.42 bits per heavy atom. The third kappa shape index (κ3) is 4.03. The van der Waals surface area contributed by atoms with Crippen LogP contribution in [0.3, 0.4) is 0 Å². The van der Waals surface area contributed by atoms with Gasteiger partial charge in [-0.05, 0) is 37.1 Å². The van der Waals surface area contributed by atoms with Gasteiger partial charge in [-0.2, -0.15) is 17.4 Å². The number of anilines is 1. The number of hydrogen-bond acceptors (Lipinski definition) is 4. The molecular formula is C16H21F2N3O4S. The number of nitrogens with one attached hydrogen (secondary N) is 2. The highest BCUT2D eigenvalue weighted by atomic mass is 32.2. The van der Waals surface area contributed by atoms with Crippen molar-refractivity contribution in [1.29, 1.82) is 0 Å². The highest BCUT2D eigenvalue weighted by Gasteiger charge is 2.49. The Morgan fingerprint density at radius 2 is 2.19 bits per heavy atom. The first-order valence-corrected chi connectivity index (χ1v) is 9.75. The summed E-state index contributed by atoms with van der Waals surface area (Å²) in [5, 5.41) is 2.40. The van der Waals surface area contributed by atoms with E-state index in [2.05, 4.69) is 10.0 Å². The summed E-state index contributed by atoms with van der Waals surface area (Å²) >= 11 is 0. The van der Waals surface area contributed by atoms with Crippen LogP contribution in [0, 0.1) is 12.7 Å². The number of halogens is 2. The molecule has 2 saturated heterocycles. The lowest BCUT2D eigenvalue weighted by atomic mass is 10.0. The van der Waals surface area contributed by atoms with Crippen molar-refractivity contribution in [1.82, 2.24) is 9.03 Å². The van der Waals surface area contributed by atoms with Gasteiger partial charge >= 0.3 is 0 Å². The molecule has 2 N–H and O–H groups in total. The second-order valence-corrected chi connectivity index (χ2v) is 8.35. The van der Waals surface area contributed by atoms with E-state index >= 15 is 4.39 Å². The fraction of sp³-hybridized carbons (Fsp3) is 0.562. The summed E-state index contributed by atoms with van der Waals surface area (Å²) in [4.78, 5) is 12.3. The average molecular weight is 389 g/mol. The minimum Gasteiger partial charge on any atom is -0.380 e. The zero-order valence-corrected chi connectivity index (χ0v) is 15.1. The molecule has 10 heteroatoms. The number of aryl methyl sites for hydroxylation is 1. The Labute approximate surface area is 150 Å². The highest BCUT2D eigenvalue weighted by molar-refractivity contribution is 7.87. The van der Waals surface area contributed by atoms with Gasteiger partial charge in [0.05, 0.1) is 13.2 Å². The first-order chi connectivity index (χ1) is 12.2. The predicted octanol–water partition coefficient (Wildman–Crippen LogP) is 1.11. The van der Waals surface area contributed by atoms with Crippen LogP contribution in [-0.4, -0.2) is 56.6 Å². The second kappa shape index (κ2) is 7.18. The fourth-order valence-electron chi connectivity index (χ4n) is 3.01. The first kappa shape index (κ1) is 19.2. The van der Waals surface area contributed by atoms with Crippen molar-refractivity contribution in [2.75, 3.05) is 31.6 Å². The minimum absolute atomic E-state index is 0.102. The van der Waals surface area contributed by atoms with Crippen LogP contribution in [0.15, 0.2) is 18.2 Å². The zero-order chi connectivity index (χ0) is 18.9. The minimum atomic E-state index is -3.90. The molecule has 2 heterocycles. The quantitative estimate of drug-likeness (QED) is 0.790. The van der Waals surface area contributed by atoms with Gasteiger partial charge in [-0.15, -0.1) is 0 Å². The van der Waals surface area contributed by atoms with E-state index in [1.54, 1.807) is 0 Å². The molecule has 0 saturated carbocycles. The molecule has 0 aromatic heterocycles. The number of hydrogen-bond donors (Lipinski definition) is 2. The van der Waals surface area contributed by atoms with Gasteiger partial charge in [0.1, 0.15) is 5.82 Å².